The third-order valence-corrected chi connectivity index (χ3v) is 5.33. The summed E-state index contributed by atoms with van der Waals surface area (Å²) in [6, 6.07) is 14.9. The lowest BCUT2D eigenvalue weighted by Crippen LogP contribution is -2.29. The number of aromatic nitrogens is 2. The fourth-order valence-electron chi connectivity index (χ4n) is 3.71. The lowest BCUT2D eigenvalue weighted by Gasteiger charge is -2.30. The molecule has 1 heterocycles. The van der Waals surface area contributed by atoms with Crippen molar-refractivity contribution in [2.45, 2.75) is 33.6 Å². The molecule has 0 saturated heterocycles. The minimum Gasteiger partial charge on any atom is -0.494 e. The van der Waals surface area contributed by atoms with E-state index in [-0.39, 0.29) is 11.2 Å². The monoisotopic (exact) mass is 436 g/mol. The molecular weight excluding hydrogens is 412 g/mol. The highest BCUT2D eigenvalue weighted by Gasteiger charge is 2.35. The second-order valence-corrected chi connectivity index (χ2v) is 8.81. The van der Waals surface area contributed by atoms with Crippen LogP contribution in [0.1, 0.15) is 43.2 Å². The molecule has 4 rings (SSSR count). The Bertz CT molecular complexity index is 1100. The smallest absolute Gasteiger partial charge is 0.229 e. The van der Waals surface area contributed by atoms with Crippen LogP contribution in [0.2, 0.25) is 5.02 Å². The normalized spacial score (nSPS) is 14.6. The Balaban J connectivity index is 1.70. The lowest BCUT2D eigenvalue weighted by atomic mass is 9.75. The van der Waals surface area contributed by atoms with Gasteiger partial charge in [0.1, 0.15) is 11.6 Å². The van der Waals surface area contributed by atoms with Gasteiger partial charge in [-0.05, 0) is 67.3 Å². The molecule has 160 valence electrons. The lowest BCUT2D eigenvalue weighted by molar-refractivity contribution is 0.0911. The molecule has 1 aliphatic carbocycles. The van der Waals surface area contributed by atoms with E-state index in [1.54, 1.807) is 12.1 Å². The van der Waals surface area contributed by atoms with E-state index in [0.29, 0.717) is 41.8 Å². The van der Waals surface area contributed by atoms with Gasteiger partial charge in [-0.25, -0.2) is 4.98 Å². The molecule has 7 heteroatoms. The predicted molar refractivity (Wildman–Crippen MR) is 124 cm³/mol. The number of carbonyl (C=O) groups excluding carboxylic acids is 1. The molecule has 1 aliphatic rings. The SMILES string of the molecule is CCOc1ccc(Nc2nc3c(c(Nc4ccc(Cl)cc4)n2)C(=O)CC(C)(C)C3)cc1. The molecule has 1 aromatic heterocycles. The maximum Gasteiger partial charge on any atom is 0.229 e. The first-order chi connectivity index (χ1) is 14.8. The number of fused-ring (bicyclic) bond motifs is 1. The van der Waals surface area contributed by atoms with Crippen molar-refractivity contribution in [1.82, 2.24) is 9.97 Å². The van der Waals surface area contributed by atoms with Gasteiger partial charge in [0.15, 0.2) is 5.78 Å². The fourth-order valence-corrected chi connectivity index (χ4v) is 3.84. The zero-order valence-electron chi connectivity index (χ0n) is 17.8. The van der Waals surface area contributed by atoms with Crippen molar-refractivity contribution in [2.24, 2.45) is 5.41 Å². The van der Waals surface area contributed by atoms with Crippen molar-refractivity contribution >= 4 is 40.5 Å². The number of rotatable bonds is 6. The number of benzene rings is 2. The summed E-state index contributed by atoms with van der Waals surface area (Å²) in [7, 11) is 0. The summed E-state index contributed by atoms with van der Waals surface area (Å²) >= 11 is 6.00. The highest BCUT2D eigenvalue weighted by Crippen LogP contribution is 2.38. The Morgan fingerprint density at radius 3 is 2.29 bits per heavy atom. The zero-order chi connectivity index (χ0) is 22.0. The van der Waals surface area contributed by atoms with Crippen molar-refractivity contribution in [3.05, 3.63) is 64.8 Å². The molecule has 0 radical (unpaired) electrons. The summed E-state index contributed by atoms with van der Waals surface area (Å²) in [5, 5.41) is 7.17. The third-order valence-electron chi connectivity index (χ3n) is 5.08. The summed E-state index contributed by atoms with van der Waals surface area (Å²) in [6.07, 6.45) is 1.16. The highest BCUT2D eigenvalue weighted by atomic mass is 35.5. The Morgan fingerprint density at radius 2 is 1.61 bits per heavy atom. The minimum absolute atomic E-state index is 0.0512. The van der Waals surface area contributed by atoms with E-state index in [1.807, 2.05) is 43.3 Å². The zero-order valence-corrected chi connectivity index (χ0v) is 18.6. The number of ether oxygens (including phenoxy) is 1. The number of carbonyl (C=O) groups is 1. The van der Waals surface area contributed by atoms with Gasteiger partial charge in [0, 0.05) is 22.8 Å². The van der Waals surface area contributed by atoms with Gasteiger partial charge < -0.3 is 15.4 Å². The molecule has 0 bridgehead atoms. The van der Waals surface area contributed by atoms with Crippen LogP contribution in [-0.4, -0.2) is 22.4 Å². The van der Waals surface area contributed by atoms with Gasteiger partial charge in [0.2, 0.25) is 5.95 Å². The predicted octanol–water partition coefficient (Wildman–Crippen LogP) is 6.17. The van der Waals surface area contributed by atoms with Crippen LogP contribution in [0, 0.1) is 5.41 Å². The number of Topliss-reactive ketones (excluding diaryl/α,β-unsaturated/α-hetero) is 1. The third kappa shape index (κ3) is 4.97. The summed E-state index contributed by atoms with van der Waals surface area (Å²) in [6.45, 7) is 6.74. The second-order valence-electron chi connectivity index (χ2n) is 8.37. The minimum atomic E-state index is -0.146. The van der Waals surface area contributed by atoms with Crippen LogP contribution < -0.4 is 15.4 Å². The number of anilines is 4. The number of hydrogen-bond acceptors (Lipinski definition) is 6. The molecule has 2 N–H and O–H groups in total. The quantitative estimate of drug-likeness (QED) is 0.481. The largest absolute Gasteiger partial charge is 0.494 e. The Hall–Kier alpha value is -3.12. The summed E-state index contributed by atoms with van der Waals surface area (Å²) in [5.74, 6) is 1.79. The van der Waals surface area contributed by atoms with Crippen molar-refractivity contribution in [3.8, 4) is 5.75 Å². The maximum atomic E-state index is 13.0. The molecule has 0 aliphatic heterocycles. The van der Waals surface area contributed by atoms with E-state index < -0.39 is 0 Å². The van der Waals surface area contributed by atoms with Crippen LogP contribution in [0.5, 0.6) is 5.75 Å². The van der Waals surface area contributed by atoms with Crippen LogP contribution in [-0.2, 0) is 6.42 Å². The molecule has 0 fully saturated rings. The molecule has 0 atom stereocenters. The highest BCUT2D eigenvalue weighted by molar-refractivity contribution is 6.30. The van der Waals surface area contributed by atoms with E-state index >= 15 is 0 Å². The number of nitrogens with zero attached hydrogens (tertiary/aromatic N) is 2. The van der Waals surface area contributed by atoms with E-state index in [9.17, 15) is 4.79 Å². The Labute approximate surface area is 187 Å². The maximum absolute atomic E-state index is 13.0. The van der Waals surface area contributed by atoms with Crippen LogP contribution in [0.3, 0.4) is 0 Å². The molecule has 0 saturated carbocycles. The van der Waals surface area contributed by atoms with Crippen molar-refractivity contribution in [3.63, 3.8) is 0 Å². The standard InChI is InChI=1S/C24H25ClN4O2/c1-4-31-18-11-9-17(10-12-18)27-23-28-19-13-24(2,3)14-20(30)21(19)22(29-23)26-16-7-5-15(25)6-8-16/h5-12H,4,13-14H2,1-3H3,(H2,26,27,28,29). The fraction of sp³-hybridized carbons (Fsp3) is 0.292. The first kappa shape index (κ1) is 21.1. The van der Waals surface area contributed by atoms with Gasteiger partial charge in [0.05, 0.1) is 17.9 Å². The molecular formula is C24H25ClN4O2. The first-order valence-corrected chi connectivity index (χ1v) is 10.7. The average molecular weight is 437 g/mol. The van der Waals surface area contributed by atoms with Crippen LogP contribution >= 0.6 is 11.6 Å². The Kier molecular flexibility index (Phi) is 5.83. The van der Waals surface area contributed by atoms with E-state index in [2.05, 4.69) is 29.5 Å². The van der Waals surface area contributed by atoms with E-state index in [1.165, 1.54) is 0 Å². The summed E-state index contributed by atoms with van der Waals surface area (Å²) in [4.78, 5) is 22.3. The van der Waals surface area contributed by atoms with E-state index in [4.69, 9.17) is 21.3 Å². The second kappa shape index (κ2) is 8.55. The average Bonchev–Trinajstić information content (AvgIpc) is 2.70. The molecule has 31 heavy (non-hydrogen) atoms. The number of ketones is 1. The van der Waals surface area contributed by atoms with E-state index in [0.717, 1.165) is 22.8 Å². The molecule has 0 unspecified atom stereocenters. The summed E-state index contributed by atoms with van der Waals surface area (Å²) < 4.78 is 5.50. The number of nitrogens with one attached hydrogen (secondary N) is 2. The molecule has 0 spiro atoms. The van der Waals surface area contributed by atoms with Crippen LogP contribution in [0.4, 0.5) is 23.1 Å². The van der Waals surface area contributed by atoms with Gasteiger partial charge in [-0.3, -0.25) is 4.79 Å². The topological polar surface area (TPSA) is 76.1 Å². The van der Waals surface area contributed by atoms with Gasteiger partial charge in [-0.1, -0.05) is 25.4 Å². The first-order valence-electron chi connectivity index (χ1n) is 10.3. The van der Waals surface area contributed by atoms with Gasteiger partial charge >= 0.3 is 0 Å². The number of halogens is 1. The van der Waals surface area contributed by atoms with Crippen LogP contribution in [0.25, 0.3) is 0 Å². The van der Waals surface area contributed by atoms with Gasteiger partial charge in [-0.2, -0.15) is 4.98 Å². The van der Waals surface area contributed by atoms with Crippen LogP contribution in [0.15, 0.2) is 48.5 Å². The molecule has 3 aromatic rings. The Morgan fingerprint density at radius 1 is 0.968 bits per heavy atom. The number of hydrogen-bond donors (Lipinski definition) is 2. The molecule has 0 amide bonds. The molecule has 2 aromatic carbocycles. The van der Waals surface area contributed by atoms with Crippen molar-refractivity contribution < 1.29 is 9.53 Å². The summed E-state index contributed by atoms with van der Waals surface area (Å²) in [5.41, 5.74) is 2.80. The van der Waals surface area contributed by atoms with Crippen molar-refractivity contribution in [2.75, 3.05) is 17.2 Å². The van der Waals surface area contributed by atoms with Gasteiger partial charge in [0.25, 0.3) is 0 Å². The molecule has 6 nitrogen and oxygen atoms in total. The van der Waals surface area contributed by atoms with Crippen molar-refractivity contribution in [1.29, 1.82) is 0 Å². The van der Waals surface area contributed by atoms with Gasteiger partial charge in [-0.15, -0.1) is 0 Å².